The predicted molar refractivity (Wildman–Crippen MR) is 108 cm³/mol. The summed E-state index contributed by atoms with van der Waals surface area (Å²) in [6.07, 6.45) is 1.49. The van der Waals surface area contributed by atoms with Gasteiger partial charge in [0.15, 0.2) is 11.5 Å². The minimum atomic E-state index is -0.577. The van der Waals surface area contributed by atoms with Gasteiger partial charge in [-0.1, -0.05) is 40.9 Å². The van der Waals surface area contributed by atoms with Crippen molar-refractivity contribution in [3.63, 3.8) is 0 Å². The van der Waals surface area contributed by atoms with Crippen LogP contribution in [0.2, 0.25) is 15.1 Å². The molecule has 0 saturated carbocycles. The van der Waals surface area contributed by atoms with Gasteiger partial charge >= 0.3 is 6.03 Å². The molecule has 2 aromatic rings. The number of ether oxygens (including phenoxy) is 2. The zero-order chi connectivity index (χ0) is 20.3. The summed E-state index contributed by atoms with van der Waals surface area (Å²) in [4.78, 5) is 22.9. The number of carbonyl (C=O) groups is 2. The molecule has 0 radical (unpaired) electrons. The lowest BCUT2D eigenvalue weighted by molar-refractivity contribution is -0.115. The number of hydrogen-bond donors (Lipinski definition) is 2. The van der Waals surface area contributed by atoms with Crippen LogP contribution in [0.1, 0.15) is 18.1 Å². The Kier molecular flexibility index (Phi) is 6.34. The average molecular weight is 442 g/mol. The average Bonchev–Trinajstić information content (AvgIpc) is 2.93. The van der Waals surface area contributed by atoms with E-state index in [1.807, 2.05) is 6.92 Å². The highest BCUT2D eigenvalue weighted by atomic mass is 35.5. The van der Waals surface area contributed by atoms with Crippen LogP contribution in [-0.2, 0) is 11.4 Å². The van der Waals surface area contributed by atoms with Crippen molar-refractivity contribution in [2.45, 2.75) is 13.5 Å². The van der Waals surface area contributed by atoms with E-state index in [1.54, 1.807) is 30.3 Å². The smallest absolute Gasteiger partial charge is 0.326 e. The second-order valence-electron chi connectivity index (χ2n) is 5.75. The third-order valence-corrected chi connectivity index (χ3v) is 4.62. The second-order valence-corrected chi connectivity index (χ2v) is 7.00. The number of carbonyl (C=O) groups excluding carboxylic acids is 2. The second kappa shape index (κ2) is 8.73. The van der Waals surface area contributed by atoms with Crippen molar-refractivity contribution in [3.05, 3.63) is 62.2 Å². The van der Waals surface area contributed by atoms with Crippen LogP contribution >= 0.6 is 34.8 Å². The van der Waals surface area contributed by atoms with Crippen molar-refractivity contribution in [1.82, 2.24) is 10.6 Å². The van der Waals surface area contributed by atoms with E-state index in [0.717, 1.165) is 5.56 Å². The van der Waals surface area contributed by atoms with Gasteiger partial charge in [-0.2, -0.15) is 0 Å². The highest BCUT2D eigenvalue weighted by Gasteiger charge is 2.23. The molecule has 1 fully saturated rings. The van der Waals surface area contributed by atoms with Gasteiger partial charge in [-0.3, -0.25) is 10.1 Å². The van der Waals surface area contributed by atoms with E-state index < -0.39 is 11.9 Å². The Bertz CT molecular complexity index is 976. The van der Waals surface area contributed by atoms with Crippen LogP contribution in [0.4, 0.5) is 4.79 Å². The van der Waals surface area contributed by atoms with E-state index in [2.05, 4.69) is 10.6 Å². The molecule has 0 unspecified atom stereocenters. The first-order chi connectivity index (χ1) is 13.4. The number of halogens is 3. The Morgan fingerprint density at radius 1 is 1.00 bits per heavy atom. The van der Waals surface area contributed by atoms with Gasteiger partial charge in [-0.15, -0.1) is 0 Å². The maximum atomic E-state index is 11.7. The van der Waals surface area contributed by atoms with Crippen LogP contribution in [0.3, 0.4) is 0 Å². The molecule has 2 aromatic carbocycles. The molecule has 1 aliphatic heterocycles. The van der Waals surface area contributed by atoms with Gasteiger partial charge in [0.05, 0.1) is 11.6 Å². The summed E-state index contributed by atoms with van der Waals surface area (Å²) in [6.45, 7) is 2.36. The Balaban J connectivity index is 1.87. The molecule has 3 rings (SSSR count). The molecule has 0 bridgehead atoms. The van der Waals surface area contributed by atoms with Crippen molar-refractivity contribution in [3.8, 4) is 11.5 Å². The van der Waals surface area contributed by atoms with E-state index in [0.29, 0.717) is 33.7 Å². The molecule has 0 atom stereocenters. The SMILES string of the molecule is CCOc1cc(/C=C2/NC(=O)NC2=O)cc(Cl)c1OCc1ccc(Cl)cc1Cl. The third kappa shape index (κ3) is 4.70. The highest BCUT2D eigenvalue weighted by Crippen LogP contribution is 2.38. The normalized spacial score (nSPS) is 14.8. The molecule has 28 heavy (non-hydrogen) atoms. The maximum Gasteiger partial charge on any atom is 0.326 e. The summed E-state index contributed by atoms with van der Waals surface area (Å²) >= 11 is 18.5. The minimum Gasteiger partial charge on any atom is -0.490 e. The van der Waals surface area contributed by atoms with Gasteiger partial charge in [-0.25, -0.2) is 4.79 Å². The monoisotopic (exact) mass is 440 g/mol. The van der Waals surface area contributed by atoms with E-state index in [-0.39, 0.29) is 17.3 Å². The predicted octanol–water partition coefficient (Wildman–Crippen LogP) is 4.80. The van der Waals surface area contributed by atoms with Crippen LogP contribution < -0.4 is 20.1 Å². The van der Waals surface area contributed by atoms with Crippen molar-refractivity contribution in [1.29, 1.82) is 0 Å². The van der Waals surface area contributed by atoms with Gasteiger partial charge in [0.1, 0.15) is 12.3 Å². The first-order valence-corrected chi connectivity index (χ1v) is 9.38. The Labute approximate surface area is 176 Å². The van der Waals surface area contributed by atoms with E-state index in [4.69, 9.17) is 44.3 Å². The van der Waals surface area contributed by atoms with Crippen LogP contribution in [0.25, 0.3) is 6.08 Å². The highest BCUT2D eigenvalue weighted by molar-refractivity contribution is 6.35. The maximum absolute atomic E-state index is 11.7. The standard InChI is InChI=1S/C19H15Cl3N2O4/c1-2-27-16-7-10(6-15-18(25)24-19(26)23-15)5-14(22)17(16)28-9-11-3-4-12(20)8-13(11)21/h3-8H,2,9H2,1H3,(H2,23,24,25,26)/b15-6+. The lowest BCUT2D eigenvalue weighted by Crippen LogP contribution is -2.22. The molecule has 9 heteroatoms. The van der Waals surface area contributed by atoms with Crippen molar-refractivity contribution < 1.29 is 19.1 Å². The fraction of sp³-hybridized carbons (Fsp3) is 0.158. The number of benzene rings is 2. The number of imide groups is 1. The molecule has 2 N–H and O–H groups in total. The molecule has 3 amide bonds. The molecule has 1 heterocycles. The quantitative estimate of drug-likeness (QED) is 0.498. The topological polar surface area (TPSA) is 76.7 Å². The van der Waals surface area contributed by atoms with Gasteiger partial charge < -0.3 is 14.8 Å². The molecule has 6 nitrogen and oxygen atoms in total. The summed E-state index contributed by atoms with van der Waals surface area (Å²) in [5.41, 5.74) is 1.42. The van der Waals surface area contributed by atoms with Crippen molar-refractivity contribution >= 4 is 52.8 Å². The van der Waals surface area contributed by atoms with E-state index >= 15 is 0 Å². The first-order valence-electron chi connectivity index (χ1n) is 8.24. The number of nitrogens with one attached hydrogen (secondary N) is 2. The fourth-order valence-electron chi connectivity index (χ4n) is 2.51. The van der Waals surface area contributed by atoms with Crippen LogP contribution in [0.15, 0.2) is 36.0 Å². The van der Waals surface area contributed by atoms with Gasteiger partial charge in [0.2, 0.25) is 0 Å². The van der Waals surface area contributed by atoms with E-state index in [9.17, 15) is 9.59 Å². The molecule has 0 aliphatic carbocycles. The Hall–Kier alpha value is -2.41. The Morgan fingerprint density at radius 2 is 1.79 bits per heavy atom. The molecule has 1 saturated heterocycles. The zero-order valence-corrected chi connectivity index (χ0v) is 16.9. The number of urea groups is 1. The Morgan fingerprint density at radius 3 is 2.43 bits per heavy atom. The first kappa shape index (κ1) is 20.3. The van der Waals surface area contributed by atoms with Gasteiger partial charge in [-0.05, 0) is 42.8 Å². The molecule has 1 aliphatic rings. The molecular weight excluding hydrogens is 427 g/mol. The summed E-state index contributed by atoms with van der Waals surface area (Å²) < 4.78 is 11.5. The molecular formula is C19H15Cl3N2O4. The fourth-order valence-corrected chi connectivity index (χ4v) is 3.25. The lowest BCUT2D eigenvalue weighted by atomic mass is 10.1. The molecule has 146 valence electrons. The summed E-state index contributed by atoms with van der Waals surface area (Å²) in [5.74, 6) is 0.227. The van der Waals surface area contributed by atoms with Crippen molar-refractivity contribution in [2.24, 2.45) is 0 Å². The summed E-state index contributed by atoms with van der Waals surface area (Å²) in [7, 11) is 0. The summed E-state index contributed by atoms with van der Waals surface area (Å²) in [5, 5.41) is 5.84. The third-order valence-electron chi connectivity index (χ3n) is 3.75. The number of rotatable bonds is 6. The van der Waals surface area contributed by atoms with Gasteiger partial charge in [0, 0.05) is 15.6 Å². The van der Waals surface area contributed by atoms with Crippen LogP contribution in [0, 0.1) is 0 Å². The number of hydrogen-bond acceptors (Lipinski definition) is 4. The van der Waals surface area contributed by atoms with Gasteiger partial charge in [0.25, 0.3) is 5.91 Å². The van der Waals surface area contributed by atoms with Crippen molar-refractivity contribution in [2.75, 3.05) is 6.61 Å². The molecule has 0 aromatic heterocycles. The zero-order valence-electron chi connectivity index (χ0n) is 14.6. The largest absolute Gasteiger partial charge is 0.490 e. The number of amides is 3. The lowest BCUT2D eigenvalue weighted by Gasteiger charge is -2.15. The van der Waals surface area contributed by atoms with Crippen LogP contribution in [0.5, 0.6) is 11.5 Å². The summed E-state index contributed by atoms with van der Waals surface area (Å²) in [6, 6.07) is 7.80. The van der Waals surface area contributed by atoms with Crippen LogP contribution in [-0.4, -0.2) is 18.5 Å². The minimum absolute atomic E-state index is 0.116. The van der Waals surface area contributed by atoms with E-state index in [1.165, 1.54) is 6.08 Å². The molecule has 0 spiro atoms.